The van der Waals surface area contributed by atoms with Crippen LogP contribution in [0.2, 0.25) is 0 Å². The zero-order valence-electron chi connectivity index (χ0n) is 19.3. The number of nitrogens with zero attached hydrogens (tertiary/aromatic N) is 3. The number of hydrazine groups is 3. The second-order valence-electron chi connectivity index (χ2n) is 6.77. The third kappa shape index (κ3) is 6.97. The number of anilines is 3. The molecule has 3 aromatic rings. The van der Waals surface area contributed by atoms with Gasteiger partial charge < -0.3 is 14.2 Å². The van der Waals surface area contributed by atoms with Gasteiger partial charge in [-0.2, -0.15) is 15.5 Å². The lowest BCUT2D eigenvalue weighted by molar-refractivity contribution is 0.0859. The van der Waals surface area contributed by atoms with Gasteiger partial charge in [-0.25, -0.2) is 22.1 Å². The quantitative estimate of drug-likeness (QED) is 0.187. The maximum Gasteiger partial charge on any atom is 0.543 e. The minimum atomic E-state index is -4.67. The second-order valence-corrected chi connectivity index (χ2v) is 8.16. The van der Waals surface area contributed by atoms with Crippen LogP contribution >= 0.6 is 7.82 Å². The minimum Gasteiger partial charge on any atom is -0.497 e. The number of hydrogen-bond acceptors (Lipinski definition) is 13. The molecule has 0 aliphatic rings. The molecule has 0 aromatic heterocycles. The number of ether oxygens (including phenoxy) is 3. The van der Waals surface area contributed by atoms with Crippen LogP contribution in [-0.4, -0.2) is 21.3 Å². The highest BCUT2D eigenvalue weighted by Crippen LogP contribution is 2.52. The van der Waals surface area contributed by atoms with E-state index in [4.69, 9.17) is 45.6 Å². The van der Waals surface area contributed by atoms with E-state index in [0.29, 0.717) is 32.8 Å². The molecule has 6 N–H and O–H groups in total. The first-order valence-electron chi connectivity index (χ1n) is 10.0. The number of nitrogens with two attached hydrogens (primary N) is 3. The Hall–Kier alpha value is -3.55. The summed E-state index contributed by atoms with van der Waals surface area (Å²) in [5.41, 5.74) is 0.810. The van der Waals surface area contributed by atoms with Crippen LogP contribution in [0, 0.1) is 0 Å². The molecule has 188 valence electrons. The largest absolute Gasteiger partial charge is 0.543 e. The van der Waals surface area contributed by atoms with Gasteiger partial charge in [0.25, 0.3) is 0 Å². The van der Waals surface area contributed by atoms with Crippen molar-refractivity contribution in [1.29, 1.82) is 0 Å². The summed E-state index contributed by atoms with van der Waals surface area (Å²) in [5, 5.41) is 2.05. The molecule has 0 heterocycles. The molecule has 0 saturated heterocycles. The SMILES string of the molecule is COc1cccc(N(N)OP(=O)(ON(N)c2cccc(OC)c2)ON(N)c2cccc(OC)c2)c1. The summed E-state index contributed by atoms with van der Waals surface area (Å²) in [4.78, 5) is 0. The molecule has 0 unspecified atom stereocenters. The molecule has 35 heavy (non-hydrogen) atoms. The van der Waals surface area contributed by atoms with Crippen molar-refractivity contribution in [2.24, 2.45) is 17.5 Å². The topological polar surface area (TPSA) is 160 Å². The van der Waals surface area contributed by atoms with Gasteiger partial charge in [-0.3, -0.25) is 0 Å². The molecule has 3 aromatic carbocycles. The average molecular weight is 506 g/mol. The predicted octanol–water partition coefficient (Wildman–Crippen LogP) is 3.06. The van der Waals surface area contributed by atoms with Crippen molar-refractivity contribution in [1.82, 2.24) is 0 Å². The second kappa shape index (κ2) is 11.7. The number of hydrogen-bond donors (Lipinski definition) is 3. The Bertz CT molecular complexity index is 1030. The number of rotatable bonds is 12. The van der Waals surface area contributed by atoms with Gasteiger partial charge >= 0.3 is 7.82 Å². The minimum absolute atomic E-state index is 0.270. The monoisotopic (exact) mass is 506 g/mol. The first-order valence-corrected chi connectivity index (χ1v) is 11.5. The van der Waals surface area contributed by atoms with Crippen LogP contribution in [0.4, 0.5) is 17.1 Å². The summed E-state index contributed by atoms with van der Waals surface area (Å²) in [6.07, 6.45) is 0. The first kappa shape index (κ1) is 26.1. The highest BCUT2D eigenvalue weighted by Gasteiger charge is 2.37. The Kier molecular flexibility index (Phi) is 8.73. The maximum atomic E-state index is 13.7. The van der Waals surface area contributed by atoms with Crippen molar-refractivity contribution in [2.45, 2.75) is 0 Å². The third-order valence-corrected chi connectivity index (χ3v) is 5.62. The molecular formula is C21H27N6O7P. The molecule has 13 nitrogen and oxygen atoms in total. The molecule has 0 saturated carbocycles. The van der Waals surface area contributed by atoms with Crippen molar-refractivity contribution < 1.29 is 32.6 Å². The van der Waals surface area contributed by atoms with Gasteiger partial charge in [0.2, 0.25) is 0 Å². The van der Waals surface area contributed by atoms with Gasteiger partial charge in [0, 0.05) is 18.2 Å². The number of methoxy groups -OCH3 is 3. The first-order chi connectivity index (χ1) is 16.8. The number of phosphoric acid groups is 1. The Morgan fingerprint density at radius 2 is 0.857 bits per heavy atom. The van der Waals surface area contributed by atoms with Crippen LogP contribution in [-0.2, 0) is 18.4 Å². The van der Waals surface area contributed by atoms with Crippen LogP contribution < -0.4 is 47.3 Å². The van der Waals surface area contributed by atoms with E-state index >= 15 is 0 Å². The maximum absolute atomic E-state index is 13.7. The van der Waals surface area contributed by atoms with Crippen molar-refractivity contribution in [3.63, 3.8) is 0 Å². The van der Waals surface area contributed by atoms with Crippen molar-refractivity contribution in [3.05, 3.63) is 72.8 Å². The fourth-order valence-electron chi connectivity index (χ4n) is 2.75. The molecule has 0 aliphatic heterocycles. The average Bonchev–Trinajstić information content (AvgIpc) is 2.88. The molecule has 0 bridgehead atoms. The Morgan fingerprint density at radius 1 is 0.571 bits per heavy atom. The van der Waals surface area contributed by atoms with E-state index in [0.717, 1.165) is 0 Å². The van der Waals surface area contributed by atoms with E-state index in [-0.39, 0.29) is 17.1 Å². The van der Waals surface area contributed by atoms with Crippen LogP contribution in [0.25, 0.3) is 0 Å². The van der Waals surface area contributed by atoms with Crippen molar-refractivity contribution in [2.75, 3.05) is 36.8 Å². The molecule has 0 aliphatic carbocycles. The lowest BCUT2D eigenvalue weighted by Crippen LogP contribution is -2.38. The van der Waals surface area contributed by atoms with E-state index in [1.54, 1.807) is 54.6 Å². The Balaban J connectivity index is 1.88. The van der Waals surface area contributed by atoms with Crippen LogP contribution in [0.1, 0.15) is 0 Å². The number of benzene rings is 3. The smallest absolute Gasteiger partial charge is 0.497 e. The normalized spacial score (nSPS) is 11.0. The van der Waals surface area contributed by atoms with Crippen LogP contribution in [0.3, 0.4) is 0 Å². The Labute approximate surface area is 202 Å². The fraction of sp³-hybridized carbons (Fsp3) is 0.143. The summed E-state index contributed by atoms with van der Waals surface area (Å²) in [5.74, 6) is 19.4. The molecule has 14 heteroatoms. The highest BCUT2D eigenvalue weighted by molar-refractivity contribution is 7.48. The van der Waals surface area contributed by atoms with E-state index in [1.165, 1.54) is 39.5 Å². The molecule has 3 rings (SSSR count). The van der Waals surface area contributed by atoms with Gasteiger partial charge in [-0.15, -0.1) is 13.9 Å². The van der Waals surface area contributed by atoms with E-state index in [9.17, 15) is 4.57 Å². The van der Waals surface area contributed by atoms with E-state index in [2.05, 4.69) is 0 Å². The third-order valence-electron chi connectivity index (χ3n) is 4.49. The standard InChI is InChI=1S/C21H27N6O7P/c1-29-19-10-4-7-16(13-19)25(22)32-35(28,33-26(23)17-8-5-11-20(14-17)30-2)34-27(24)18-9-6-12-21(15-18)31-3/h4-15H,22-24H2,1-3H3. The van der Waals surface area contributed by atoms with Crippen LogP contribution in [0.15, 0.2) is 72.8 Å². The summed E-state index contributed by atoms with van der Waals surface area (Å²) in [7, 11) is -0.220. The zero-order chi connectivity index (χ0) is 25.4. The van der Waals surface area contributed by atoms with Crippen molar-refractivity contribution in [3.8, 4) is 17.2 Å². The lowest BCUT2D eigenvalue weighted by Gasteiger charge is -2.29. The lowest BCUT2D eigenvalue weighted by atomic mass is 10.3. The van der Waals surface area contributed by atoms with Crippen molar-refractivity contribution >= 4 is 24.9 Å². The fourth-order valence-corrected chi connectivity index (χ4v) is 3.77. The molecule has 0 radical (unpaired) electrons. The Morgan fingerprint density at radius 3 is 1.11 bits per heavy atom. The molecular weight excluding hydrogens is 479 g/mol. The van der Waals surface area contributed by atoms with Gasteiger partial charge in [0.15, 0.2) is 0 Å². The summed E-state index contributed by atoms with van der Waals surface area (Å²) < 4.78 is 45.4. The molecule has 0 atom stereocenters. The summed E-state index contributed by atoms with van der Waals surface area (Å²) in [6.45, 7) is 0. The van der Waals surface area contributed by atoms with Gasteiger partial charge in [0.05, 0.1) is 38.4 Å². The zero-order valence-corrected chi connectivity index (χ0v) is 20.2. The van der Waals surface area contributed by atoms with Gasteiger partial charge in [0.1, 0.15) is 17.2 Å². The molecule has 0 fully saturated rings. The van der Waals surface area contributed by atoms with Gasteiger partial charge in [-0.1, -0.05) is 18.2 Å². The van der Waals surface area contributed by atoms with Gasteiger partial charge in [-0.05, 0) is 36.4 Å². The predicted molar refractivity (Wildman–Crippen MR) is 130 cm³/mol. The highest BCUT2D eigenvalue weighted by atomic mass is 31.2. The van der Waals surface area contributed by atoms with E-state index < -0.39 is 7.82 Å². The molecule has 0 spiro atoms. The molecule has 0 amide bonds. The van der Waals surface area contributed by atoms with E-state index in [1.807, 2.05) is 0 Å². The van der Waals surface area contributed by atoms with Crippen LogP contribution in [0.5, 0.6) is 17.2 Å². The summed E-state index contributed by atoms with van der Waals surface area (Å²) >= 11 is 0. The summed E-state index contributed by atoms with van der Waals surface area (Å²) in [6, 6.07) is 19.4.